The van der Waals surface area contributed by atoms with E-state index in [-0.39, 0.29) is 28.5 Å². The third-order valence-electron chi connectivity index (χ3n) is 5.42. The lowest BCUT2D eigenvalue weighted by atomic mass is 9.61. The van der Waals surface area contributed by atoms with Gasteiger partial charge in [-0.2, -0.15) is 0 Å². The van der Waals surface area contributed by atoms with Crippen molar-refractivity contribution in [3.8, 4) is 0 Å². The minimum absolute atomic E-state index is 0.142. The molecule has 124 valence electrons. The lowest BCUT2D eigenvalue weighted by Crippen LogP contribution is -2.38. The minimum atomic E-state index is -0.357. The fourth-order valence-electron chi connectivity index (χ4n) is 4.10. The van der Waals surface area contributed by atoms with Gasteiger partial charge in [0.05, 0.1) is 12.4 Å². The Kier molecular flexibility index (Phi) is 3.68. The zero-order valence-corrected chi connectivity index (χ0v) is 13.9. The first-order valence-electron chi connectivity index (χ1n) is 8.16. The summed E-state index contributed by atoms with van der Waals surface area (Å²) in [7, 11) is 0. The van der Waals surface area contributed by atoms with Gasteiger partial charge in [0.1, 0.15) is 5.69 Å². The number of likely N-dealkylation sites (tertiary alicyclic amines) is 1. The number of benzene rings is 1. The van der Waals surface area contributed by atoms with Crippen LogP contribution in [0.5, 0.6) is 0 Å². The van der Waals surface area contributed by atoms with Gasteiger partial charge in [-0.3, -0.25) is 14.6 Å². The van der Waals surface area contributed by atoms with Gasteiger partial charge in [-0.15, -0.1) is 0 Å². The molecule has 5 nitrogen and oxygen atoms in total. The molecular weight excluding hydrogens is 326 g/mol. The SMILES string of the molecule is O=C(c1cncc(=O)[nH]1)N1C[C@@H](c2cccc(Cl)c2)C2(CCC2)C1. The molecule has 6 heteroatoms. The summed E-state index contributed by atoms with van der Waals surface area (Å²) < 4.78 is 0. The Bertz CT molecular complexity index is 844. The van der Waals surface area contributed by atoms with Crippen LogP contribution in [0.15, 0.2) is 41.5 Å². The molecule has 2 heterocycles. The number of halogens is 1. The van der Waals surface area contributed by atoms with Crippen molar-refractivity contribution in [3.63, 3.8) is 0 Å². The highest BCUT2D eigenvalue weighted by Gasteiger charge is 2.52. The van der Waals surface area contributed by atoms with E-state index in [2.05, 4.69) is 16.0 Å². The van der Waals surface area contributed by atoms with Gasteiger partial charge in [0, 0.05) is 24.0 Å². The number of rotatable bonds is 2. The van der Waals surface area contributed by atoms with Crippen LogP contribution >= 0.6 is 11.6 Å². The molecule has 24 heavy (non-hydrogen) atoms. The van der Waals surface area contributed by atoms with E-state index in [4.69, 9.17) is 11.6 Å². The molecule has 2 aliphatic rings. The van der Waals surface area contributed by atoms with Crippen molar-refractivity contribution < 1.29 is 4.79 Å². The summed E-state index contributed by atoms with van der Waals surface area (Å²) in [5, 5.41) is 0.725. The van der Waals surface area contributed by atoms with Crippen molar-refractivity contribution in [2.24, 2.45) is 5.41 Å². The first-order chi connectivity index (χ1) is 11.6. The molecule has 1 spiro atoms. The molecular formula is C18H18ClN3O2. The van der Waals surface area contributed by atoms with E-state index in [9.17, 15) is 9.59 Å². The highest BCUT2D eigenvalue weighted by Crippen LogP contribution is 2.56. The number of hydrogen-bond donors (Lipinski definition) is 1. The molecule has 0 unspecified atom stereocenters. The minimum Gasteiger partial charge on any atom is -0.336 e. The van der Waals surface area contributed by atoms with Crippen LogP contribution in [0.3, 0.4) is 0 Å². The van der Waals surface area contributed by atoms with E-state index in [1.54, 1.807) is 0 Å². The molecule has 1 aliphatic carbocycles. The van der Waals surface area contributed by atoms with Crippen molar-refractivity contribution in [2.75, 3.05) is 13.1 Å². The molecule has 1 aromatic heterocycles. The fourth-order valence-corrected chi connectivity index (χ4v) is 4.30. The summed E-state index contributed by atoms with van der Waals surface area (Å²) in [6.07, 6.45) is 6.03. The smallest absolute Gasteiger partial charge is 0.272 e. The van der Waals surface area contributed by atoms with Gasteiger partial charge in [0.2, 0.25) is 0 Å². The Balaban J connectivity index is 1.64. The maximum Gasteiger partial charge on any atom is 0.272 e. The van der Waals surface area contributed by atoms with Crippen LogP contribution in [0.2, 0.25) is 5.02 Å². The van der Waals surface area contributed by atoms with Crippen LogP contribution in [-0.4, -0.2) is 33.9 Å². The average molecular weight is 344 g/mol. The molecule has 1 saturated heterocycles. The number of hydrogen-bond acceptors (Lipinski definition) is 3. The molecule has 1 amide bonds. The first kappa shape index (κ1) is 15.4. The lowest BCUT2D eigenvalue weighted by Gasteiger charge is -2.43. The molecule has 4 rings (SSSR count). The van der Waals surface area contributed by atoms with Crippen molar-refractivity contribution >= 4 is 17.5 Å². The zero-order chi connectivity index (χ0) is 16.7. The van der Waals surface area contributed by atoms with Crippen LogP contribution < -0.4 is 5.56 Å². The number of H-pyrrole nitrogens is 1. The van der Waals surface area contributed by atoms with Crippen LogP contribution in [-0.2, 0) is 0 Å². The molecule has 0 radical (unpaired) electrons. The van der Waals surface area contributed by atoms with Crippen LogP contribution in [0.4, 0.5) is 0 Å². The highest BCUT2D eigenvalue weighted by molar-refractivity contribution is 6.30. The molecule has 0 bridgehead atoms. The number of aromatic nitrogens is 2. The molecule has 1 aromatic carbocycles. The monoisotopic (exact) mass is 343 g/mol. The quantitative estimate of drug-likeness (QED) is 0.911. The van der Waals surface area contributed by atoms with Gasteiger partial charge in [-0.05, 0) is 36.0 Å². The van der Waals surface area contributed by atoms with Gasteiger partial charge in [-0.25, -0.2) is 0 Å². The number of carbonyl (C=O) groups excluding carboxylic acids is 1. The molecule has 2 fully saturated rings. The van der Waals surface area contributed by atoms with Crippen molar-refractivity contribution in [1.29, 1.82) is 0 Å². The maximum absolute atomic E-state index is 12.8. The molecule has 1 N–H and O–H groups in total. The Hall–Kier alpha value is -2.14. The second kappa shape index (κ2) is 5.74. The van der Waals surface area contributed by atoms with Crippen molar-refractivity contribution in [1.82, 2.24) is 14.9 Å². The average Bonchev–Trinajstić information content (AvgIpc) is 2.95. The third kappa shape index (κ3) is 2.53. The van der Waals surface area contributed by atoms with Crippen LogP contribution in [0.25, 0.3) is 0 Å². The zero-order valence-electron chi connectivity index (χ0n) is 13.2. The van der Waals surface area contributed by atoms with E-state index in [1.807, 2.05) is 23.1 Å². The third-order valence-corrected chi connectivity index (χ3v) is 5.65. The Morgan fingerprint density at radius 3 is 2.83 bits per heavy atom. The summed E-state index contributed by atoms with van der Waals surface area (Å²) in [5.74, 6) is 0.133. The second-order valence-electron chi connectivity index (χ2n) is 6.82. The summed E-state index contributed by atoms with van der Waals surface area (Å²) in [5.41, 5.74) is 1.23. The normalized spacial score (nSPS) is 21.7. The largest absolute Gasteiger partial charge is 0.336 e. The Morgan fingerprint density at radius 1 is 1.33 bits per heavy atom. The van der Waals surface area contributed by atoms with E-state index in [0.29, 0.717) is 6.54 Å². The first-order valence-corrected chi connectivity index (χ1v) is 8.54. The Morgan fingerprint density at radius 2 is 2.17 bits per heavy atom. The topological polar surface area (TPSA) is 66.1 Å². The van der Waals surface area contributed by atoms with Gasteiger partial charge in [0.15, 0.2) is 0 Å². The fraction of sp³-hybridized carbons (Fsp3) is 0.389. The predicted octanol–water partition coefficient (Wildman–Crippen LogP) is 2.83. The highest BCUT2D eigenvalue weighted by atomic mass is 35.5. The van der Waals surface area contributed by atoms with Gasteiger partial charge in [0.25, 0.3) is 11.5 Å². The summed E-state index contributed by atoms with van der Waals surface area (Å²) in [6, 6.07) is 7.94. The molecule has 1 saturated carbocycles. The van der Waals surface area contributed by atoms with Crippen LogP contribution in [0, 0.1) is 5.41 Å². The maximum atomic E-state index is 12.8. The number of nitrogens with zero attached hydrogens (tertiary/aromatic N) is 2. The van der Waals surface area contributed by atoms with E-state index >= 15 is 0 Å². The van der Waals surface area contributed by atoms with Crippen molar-refractivity contribution in [2.45, 2.75) is 25.2 Å². The predicted molar refractivity (Wildman–Crippen MR) is 91.2 cm³/mol. The lowest BCUT2D eigenvalue weighted by molar-refractivity contribution is 0.0719. The standard InChI is InChI=1S/C18H18ClN3O2/c19-13-4-1-3-12(7-13)14-10-22(11-18(14)5-2-6-18)17(24)15-8-20-9-16(23)21-15/h1,3-4,7-9,14H,2,5-6,10-11H2,(H,21,23)/t14-/m0/s1. The van der Waals surface area contributed by atoms with E-state index in [1.165, 1.54) is 24.4 Å². The number of nitrogens with one attached hydrogen (secondary N) is 1. The number of amides is 1. The van der Waals surface area contributed by atoms with Crippen LogP contribution in [0.1, 0.15) is 41.2 Å². The summed E-state index contributed by atoms with van der Waals surface area (Å²) in [6.45, 7) is 1.37. The van der Waals surface area contributed by atoms with E-state index in [0.717, 1.165) is 24.4 Å². The van der Waals surface area contributed by atoms with Crippen molar-refractivity contribution in [3.05, 3.63) is 63.3 Å². The number of aromatic amines is 1. The van der Waals surface area contributed by atoms with Gasteiger partial charge < -0.3 is 9.88 Å². The molecule has 1 atom stereocenters. The molecule has 2 aromatic rings. The Labute approximate surface area is 144 Å². The summed E-state index contributed by atoms with van der Waals surface area (Å²) >= 11 is 6.16. The summed E-state index contributed by atoms with van der Waals surface area (Å²) in [4.78, 5) is 32.4. The molecule has 1 aliphatic heterocycles. The number of carbonyl (C=O) groups is 1. The second-order valence-corrected chi connectivity index (χ2v) is 7.26. The van der Waals surface area contributed by atoms with Gasteiger partial charge in [-0.1, -0.05) is 30.2 Å². The van der Waals surface area contributed by atoms with E-state index < -0.39 is 0 Å². The van der Waals surface area contributed by atoms with Gasteiger partial charge >= 0.3 is 0 Å².